The van der Waals surface area contributed by atoms with E-state index in [4.69, 9.17) is 11.6 Å². The summed E-state index contributed by atoms with van der Waals surface area (Å²) < 4.78 is 1.25. The second-order valence-corrected chi connectivity index (χ2v) is 9.57. The van der Waals surface area contributed by atoms with Crippen LogP contribution in [0.3, 0.4) is 0 Å². The lowest BCUT2D eigenvalue weighted by atomic mass is 9.88. The van der Waals surface area contributed by atoms with Crippen molar-refractivity contribution in [1.29, 1.82) is 0 Å². The fourth-order valence-corrected chi connectivity index (χ4v) is 6.01. The third-order valence-corrected chi connectivity index (χ3v) is 7.53. The molecular formula is C27H18ClN5O3. The topological polar surface area (TPSA) is 88.4 Å². The number of imide groups is 1. The number of nitrogens with zero attached hydrogens (tertiary/aromatic N) is 5. The van der Waals surface area contributed by atoms with Crippen LogP contribution in [0, 0.1) is 11.8 Å². The lowest BCUT2D eigenvalue weighted by Crippen LogP contribution is -2.50. The van der Waals surface area contributed by atoms with Crippen molar-refractivity contribution >= 4 is 57.8 Å². The standard InChI is InChI=1S/C27H18ClN5O3/c28-16-7-5-8-17(14-16)31-25(34)22-21-13-12-15-6-1-3-10-19(15)32(21)24(23(22)26(31)35)27(36)33-20-11-4-2-9-18(20)29-30-33/h1-14,21-24H/t21-,22+,23+,24+/m1/s1. The molecule has 176 valence electrons. The smallest absolute Gasteiger partial charge is 0.272 e. The first-order chi connectivity index (χ1) is 17.5. The van der Waals surface area contributed by atoms with Crippen molar-refractivity contribution in [3.63, 3.8) is 0 Å². The minimum Gasteiger partial charge on any atom is -0.351 e. The number of halogens is 1. The summed E-state index contributed by atoms with van der Waals surface area (Å²) in [5.41, 5.74) is 3.24. The molecule has 4 atom stereocenters. The third-order valence-electron chi connectivity index (χ3n) is 7.29. The highest BCUT2D eigenvalue weighted by Gasteiger charge is 2.64. The van der Waals surface area contributed by atoms with E-state index in [0.717, 1.165) is 11.3 Å². The van der Waals surface area contributed by atoms with Gasteiger partial charge in [-0.25, -0.2) is 4.90 Å². The summed E-state index contributed by atoms with van der Waals surface area (Å²) in [5, 5.41) is 8.68. The molecule has 0 radical (unpaired) electrons. The van der Waals surface area contributed by atoms with Crippen LogP contribution in [0.4, 0.5) is 11.4 Å². The van der Waals surface area contributed by atoms with Crippen LogP contribution in [0.1, 0.15) is 10.4 Å². The van der Waals surface area contributed by atoms with Crippen molar-refractivity contribution in [3.05, 3.63) is 89.5 Å². The quantitative estimate of drug-likeness (QED) is 0.393. The van der Waals surface area contributed by atoms with Gasteiger partial charge in [0, 0.05) is 10.7 Å². The van der Waals surface area contributed by atoms with Crippen molar-refractivity contribution in [3.8, 4) is 0 Å². The summed E-state index contributed by atoms with van der Waals surface area (Å²) in [6, 6.07) is 20.1. The molecule has 0 spiro atoms. The second-order valence-electron chi connectivity index (χ2n) is 9.13. The summed E-state index contributed by atoms with van der Waals surface area (Å²) in [6.45, 7) is 0. The zero-order chi connectivity index (χ0) is 24.6. The van der Waals surface area contributed by atoms with E-state index >= 15 is 0 Å². The summed E-state index contributed by atoms with van der Waals surface area (Å²) in [5.74, 6) is -2.79. The first kappa shape index (κ1) is 21.0. The number of rotatable bonds is 2. The Morgan fingerprint density at radius 3 is 2.53 bits per heavy atom. The molecule has 0 unspecified atom stereocenters. The number of aromatic nitrogens is 3. The molecule has 0 bridgehead atoms. The first-order valence-electron chi connectivity index (χ1n) is 11.6. The Morgan fingerprint density at radius 1 is 0.889 bits per heavy atom. The number of hydrogen-bond donors (Lipinski definition) is 0. The largest absolute Gasteiger partial charge is 0.351 e. The number of anilines is 2. The van der Waals surface area contributed by atoms with Crippen molar-refractivity contribution in [1.82, 2.24) is 15.0 Å². The molecule has 3 aliphatic heterocycles. The van der Waals surface area contributed by atoms with Crippen molar-refractivity contribution in [2.45, 2.75) is 12.1 Å². The average Bonchev–Trinajstić information content (AvgIpc) is 3.55. The van der Waals surface area contributed by atoms with E-state index in [-0.39, 0.29) is 5.91 Å². The zero-order valence-electron chi connectivity index (χ0n) is 18.7. The second kappa shape index (κ2) is 7.60. The van der Waals surface area contributed by atoms with Gasteiger partial charge >= 0.3 is 0 Å². The molecule has 0 N–H and O–H groups in total. The Balaban J connectivity index is 1.40. The van der Waals surface area contributed by atoms with Gasteiger partial charge in [0.15, 0.2) is 0 Å². The molecule has 4 heterocycles. The van der Waals surface area contributed by atoms with E-state index in [1.54, 1.807) is 42.5 Å². The van der Waals surface area contributed by atoms with Gasteiger partial charge in [-0.05, 0) is 42.0 Å². The van der Waals surface area contributed by atoms with Crippen LogP contribution in [0.25, 0.3) is 17.1 Å². The number of para-hydroxylation sites is 2. The number of fused-ring (bicyclic) bond motifs is 6. The van der Waals surface area contributed by atoms with E-state index < -0.39 is 35.7 Å². The molecule has 2 fully saturated rings. The minimum atomic E-state index is -0.947. The Bertz CT molecular complexity index is 1630. The monoisotopic (exact) mass is 495 g/mol. The van der Waals surface area contributed by atoms with Gasteiger partial charge in [-0.3, -0.25) is 14.4 Å². The van der Waals surface area contributed by atoms with Crippen LogP contribution in [-0.2, 0) is 9.59 Å². The minimum absolute atomic E-state index is 0.343. The van der Waals surface area contributed by atoms with Gasteiger partial charge in [-0.15, -0.1) is 5.10 Å². The molecule has 3 aliphatic rings. The average molecular weight is 496 g/mol. The molecule has 4 aromatic rings. The lowest BCUT2D eigenvalue weighted by Gasteiger charge is -2.36. The summed E-state index contributed by atoms with van der Waals surface area (Å²) in [6.07, 6.45) is 3.87. The Labute approximate surface area is 210 Å². The van der Waals surface area contributed by atoms with E-state index in [9.17, 15) is 14.4 Å². The lowest BCUT2D eigenvalue weighted by molar-refractivity contribution is -0.122. The van der Waals surface area contributed by atoms with Crippen LogP contribution >= 0.6 is 11.6 Å². The predicted molar refractivity (Wildman–Crippen MR) is 135 cm³/mol. The van der Waals surface area contributed by atoms with Crippen molar-refractivity contribution < 1.29 is 14.4 Å². The highest BCUT2D eigenvalue weighted by Crippen LogP contribution is 2.49. The fourth-order valence-electron chi connectivity index (χ4n) is 5.82. The van der Waals surface area contributed by atoms with E-state index in [0.29, 0.717) is 21.7 Å². The van der Waals surface area contributed by atoms with E-state index in [1.807, 2.05) is 47.4 Å². The Morgan fingerprint density at radius 2 is 1.67 bits per heavy atom. The summed E-state index contributed by atoms with van der Waals surface area (Å²) >= 11 is 6.17. The van der Waals surface area contributed by atoms with Crippen molar-refractivity contribution in [2.75, 3.05) is 9.80 Å². The molecule has 2 amide bonds. The van der Waals surface area contributed by atoms with Gasteiger partial charge in [0.1, 0.15) is 11.6 Å². The molecule has 2 saturated heterocycles. The van der Waals surface area contributed by atoms with Gasteiger partial charge in [-0.1, -0.05) is 65.4 Å². The highest BCUT2D eigenvalue weighted by molar-refractivity contribution is 6.31. The van der Waals surface area contributed by atoms with Crippen LogP contribution in [-0.4, -0.2) is 44.8 Å². The number of benzene rings is 3. The van der Waals surface area contributed by atoms with Crippen LogP contribution in [0.5, 0.6) is 0 Å². The van der Waals surface area contributed by atoms with Gasteiger partial charge in [0.05, 0.1) is 29.1 Å². The molecule has 36 heavy (non-hydrogen) atoms. The molecule has 3 aromatic carbocycles. The SMILES string of the molecule is O=C1[C@@H]2[C@H](C(=O)N1c1cccc(Cl)c1)[C@@H](C(=O)n1nnc3ccccc31)N1c3ccccc3C=C[C@H]21. The van der Waals surface area contributed by atoms with Gasteiger partial charge in [-0.2, -0.15) is 4.68 Å². The summed E-state index contributed by atoms with van der Waals surface area (Å²) in [7, 11) is 0. The number of carbonyl (C=O) groups excluding carboxylic acids is 3. The molecule has 9 heteroatoms. The van der Waals surface area contributed by atoms with Crippen LogP contribution in [0.2, 0.25) is 5.02 Å². The molecule has 7 rings (SSSR count). The van der Waals surface area contributed by atoms with Crippen molar-refractivity contribution in [2.24, 2.45) is 11.8 Å². The molecule has 1 aromatic heterocycles. The van der Waals surface area contributed by atoms with Gasteiger partial charge in [0.25, 0.3) is 5.91 Å². The Hall–Kier alpha value is -4.30. The van der Waals surface area contributed by atoms with Crippen LogP contribution in [0.15, 0.2) is 78.9 Å². The maximum absolute atomic E-state index is 14.2. The summed E-state index contributed by atoms with van der Waals surface area (Å²) in [4.78, 5) is 45.0. The number of amides is 2. The fraction of sp³-hybridized carbons (Fsp3) is 0.148. The predicted octanol–water partition coefficient (Wildman–Crippen LogP) is 3.81. The third kappa shape index (κ3) is 2.79. The maximum Gasteiger partial charge on any atom is 0.272 e. The normalized spacial score (nSPS) is 24.2. The molecular weight excluding hydrogens is 478 g/mol. The highest BCUT2D eigenvalue weighted by atomic mass is 35.5. The number of hydrogen-bond acceptors (Lipinski definition) is 6. The van der Waals surface area contributed by atoms with Crippen LogP contribution < -0.4 is 9.80 Å². The number of carbonyl (C=O) groups is 3. The van der Waals surface area contributed by atoms with E-state index in [1.165, 1.54) is 9.58 Å². The first-order valence-corrected chi connectivity index (χ1v) is 12.0. The maximum atomic E-state index is 14.2. The zero-order valence-corrected chi connectivity index (χ0v) is 19.5. The Kier molecular flexibility index (Phi) is 4.44. The molecule has 8 nitrogen and oxygen atoms in total. The van der Waals surface area contributed by atoms with Gasteiger partial charge < -0.3 is 4.90 Å². The molecule has 0 aliphatic carbocycles. The molecule has 0 saturated carbocycles. The van der Waals surface area contributed by atoms with Gasteiger partial charge in [0.2, 0.25) is 11.8 Å². The van der Waals surface area contributed by atoms with E-state index in [2.05, 4.69) is 10.3 Å².